The lowest BCUT2D eigenvalue weighted by atomic mass is 9.52. The molecule has 4 aliphatic rings. The van der Waals surface area contributed by atoms with Crippen LogP contribution in [0.15, 0.2) is 12.1 Å². The summed E-state index contributed by atoms with van der Waals surface area (Å²) >= 11 is 0. The number of hydrogen-bond acceptors (Lipinski definition) is 3. The van der Waals surface area contributed by atoms with Crippen molar-refractivity contribution < 1.29 is 13.6 Å². The van der Waals surface area contributed by atoms with Crippen LogP contribution >= 0.6 is 0 Å². The summed E-state index contributed by atoms with van der Waals surface area (Å²) in [5, 5.41) is 0. The number of piperidine rings is 1. The summed E-state index contributed by atoms with van der Waals surface area (Å²) in [6.07, 6.45) is 5.16. The van der Waals surface area contributed by atoms with Gasteiger partial charge in [0.15, 0.2) is 11.5 Å². The van der Waals surface area contributed by atoms with Gasteiger partial charge in [-0.3, -0.25) is 0 Å². The van der Waals surface area contributed by atoms with Gasteiger partial charge in [0.2, 0.25) is 0 Å². The van der Waals surface area contributed by atoms with Crippen LogP contribution in [0.4, 0.5) is 0 Å². The Balaban J connectivity index is 1.72. The van der Waals surface area contributed by atoms with Crippen molar-refractivity contribution in [2.75, 3.05) is 20.6 Å². The molecule has 0 amide bonds. The molecule has 0 radical (unpaired) electrons. The molecule has 3 heteroatoms. The van der Waals surface area contributed by atoms with Crippen LogP contribution in [0.25, 0.3) is 0 Å². The lowest BCUT2D eigenvalue weighted by Crippen LogP contribution is -2.63. The van der Waals surface area contributed by atoms with Crippen LogP contribution < -0.4 is 9.47 Å². The van der Waals surface area contributed by atoms with Crippen molar-refractivity contribution in [2.45, 2.75) is 49.7 Å². The van der Waals surface area contributed by atoms with Crippen molar-refractivity contribution in [2.24, 2.45) is 5.92 Å². The van der Waals surface area contributed by atoms with E-state index in [-0.39, 0.29) is 17.6 Å². The molecule has 2 aliphatic heterocycles. The highest BCUT2D eigenvalue weighted by molar-refractivity contribution is 5.60. The molecule has 0 N–H and O–H groups in total. The molecule has 1 saturated heterocycles. The monoisotopic (exact) mass is 288 g/mol. The maximum Gasteiger partial charge on any atom is 0.165 e. The van der Waals surface area contributed by atoms with Gasteiger partial charge in [-0.1, -0.05) is 6.07 Å². The van der Waals surface area contributed by atoms with Gasteiger partial charge in [-0.25, -0.2) is 0 Å². The predicted molar refractivity (Wildman–Crippen MR) is 81.2 cm³/mol. The quantitative estimate of drug-likeness (QED) is 0.793. The molecule has 3 nitrogen and oxygen atoms in total. The number of hydrogen-bond donors (Lipinski definition) is 0. The van der Waals surface area contributed by atoms with Crippen LogP contribution in [0.5, 0.6) is 11.5 Å². The van der Waals surface area contributed by atoms with Crippen molar-refractivity contribution in [3.8, 4) is 11.5 Å². The number of ether oxygens (including phenoxy) is 2. The first kappa shape index (κ1) is 9.73. The third-order valence-electron chi connectivity index (χ3n) is 6.43. The van der Waals surface area contributed by atoms with E-state index < -0.39 is 6.98 Å². The van der Waals surface area contributed by atoms with Gasteiger partial charge in [-0.15, -0.1) is 0 Å². The van der Waals surface area contributed by atoms with Crippen LogP contribution in [0.1, 0.15) is 40.9 Å². The molecular weight excluding hydrogens is 262 g/mol. The summed E-state index contributed by atoms with van der Waals surface area (Å²) in [5.41, 5.74) is 2.62. The summed E-state index contributed by atoms with van der Waals surface area (Å²) in [6, 6.07) is 4.22. The predicted octanol–water partition coefficient (Wildman–Crippen LogP) is 2.75. The fourth-order valence-corrected chi connectivity index (χ4v) is 5.67. The highest BCUT2D eigenvalue weighted by Gasteiger charge is 2.62. The Bertz CT molecular complexity index is 704. The van der Waals surface area contributed by atoms with Crippen molar-refractivity contribution in [3.63, 3.8) is 0 Å². The molecule has 1 aromatic carbocycles. The Hall–Kier alpha value is -1.22. The second-order valence-corrected chi connectivity index (χ2v) is 7.03. The standard InChI is InChI=1S/C18H23NO2/c1-19-9-8-18-12-4-3-5-15(18)21-17-14(20-2)7-6-11(16(17)18)10-13(12)19/h6-7,12-13,15H,3-5,8-10H2,1-2H3/t12-,13-,15-,18+/m0/s1/i1D3. The lowest BCUT2D eigenvalue weighted by molar-refractivity contribution is -0.0426. The zero-order chi connectivity index (χ0) is 16.7. The van der Waals surface area contributed by atoms with E-state index in [1.54, 1.807) is 12.0 Å². The maximum absolute atomic E-state index is 7.97. The molecule has 21 heavy (non-hydrogen) atoms. The van der Waals surface area contributed by atoms with Crippen molar-refractivity contribution in [1.82, 2.24) is 4.90 Å². The van der Waals surface area contributed by atoms with Gasteiger partial charge in [0.05, 0.1) is 7.11 Å². The first-order chi connectivity index (χ1) is 11.5. The van der Waals surface area contributed by atoms with Crippen molar-refractivity contribution in [1.29, 1.82) is 0 Å². The molecule has 2 fully saturated rings. The molecule has 2 bridgehead atoms. The normalized spacial score (nSPS) is 42.3. The van der Waals surface area contributed by atoms with E-state index in [9.17, 15) is 0 Å². The summed E-state index contributed by atoms with van der Waals surface area (Å²) in [5.74, 6) is 2.15. The topological polar surface area (TPSA) is 21.7 Å². The molecule has 1 aromatic rings. The van der Waals surface area contributed by atoms with Gasteiger partial charge in [0, 0.05) is 21.1 Å². The molecule has 112 valence electrons. The molecule has 2 heterocycles. The SMILES string of the molecule is [2H]C([2H])([2H])N1CC[C@]23c4c5ccc(OC)c4O[C@H]2CCC[C@H]3[C@@H]1C5. The van der Waals surface area contributed by atoms with E-state index in [4.69, 9.17) is 13.6 Å². The first-order valence-corrected chi connectivity index (χ1v) is 8.10. The Labute approximate surface area is 130 Å². The number of methoxy groups -OCH3 is 1. The molecule has 1 spiro atoms. The zero-order valence-electron chi connectivity index (χ0n) is 15.4. The second kappa shape index (κ2) is 3.95. The molecule has 2 aliphatic carbocycles. The van der Waals surface area contributed by atoms with Gasteiger partial charge in [0.25, 0.3) is 0 Å². The van der Waals surface area contributed by atoms with Gasteiger partial charge < -0.3 is 14.4 Å². The maximum atomic E-state index is 7.97. The van der Waals surface area contributed by atoms with E-state index in [0.717, 1.165) is 43.6 Å². The molecule has 0 aromatic heterocycles. The number of likely N-dealkylation sites (tertiary alicyclic amines) is 1. The summed E-state index contributed by atoms with van der Waals surface area (Å²) in [4.78, 5) is 1.79. The van der Waals surface area contributed by atoms with Gasteiger partial charge in [-0.05, 0) is 63.2 Å². The number of nitrogens with zero attached hydrogens (tertiary/aromatic N) is 1. The summed E-state index contributed by atoms with van der Waals surface area (Å²) < 4.78 is 35.9. The lowest BCUT2D eigenvalue weighted by Gasteiger charge is -2.57. The molecular formula is C18H23NO2. The van der Waals surface area contributed by atoms with Crippen molar-refractivity contribution >= 4 is 0 Å². The molecule has 4 atom stereocenters. The van der Waals surface area contributed by atoms with Gasteiger partial charge in [-0.2, -0.15) is 0 Å². The fourth-order valence-electron chi connectivity index (χ4n) is 5.67. The molecule has 1 saturated carbocycles. The average Bonchev–Trinajstić information content (AvgIpc) is 2.86. The average molecular weight is 288 g/mol. The summed E-state index contributed by atoms with van der Waals surface area (Å²) in [7, 11) is 1.70. The van der Waals surface area contributed by atoms with E-state index in [0.29, 0.717) is 12.5 Å². The Kier molecular flexibility index (Phi) is 1.83. The number of benzene rings is 1. The van der Waals surface area contributed by atoms with Crippen molar-refractivity contribution in [3.05, 3.63) is 23.3 Å². The number of likely N-dealkylation sites (N-methyl/N-ethyl adjacent to an activating group) is 1. The van der Waals surface area contributed by atoms with Crippen LogP contribution in [-0.4, -0.2) is 37.7 Å². The minimum Gasteiger partial charge on any atom is -0.493 e. The summed E-state index contributed by atoms with van der Waals surface area (Å²) in [6.45, 7) is -1.38. The first-order valence-electron chi connectivity index (χ1n) is 9.60. The Morgan fingerprint density at radius 1 is 1.43 bits per heavy atom. The second-order valence-electron chi connectivity index (χ2n) is 7.03. The highest BCUT2D eigenvalue weighted by atomic mass is 16.5. The third-order valence-corrected chi connectivity index (χ3v) is 6.43. The smallest absolute Gasteiger partial charge is 0.165 e. The number of rotatable bonds is 1. The highest BCUT2D eigenvalue weighted by Crippen LogP contribution is 2.63. The van der Waals surface area contributed by atoms with Crippen LogP contribution in [-0.2, 0) is 11.8 Å². The van der Waals surface area contributed by atoms with E-state index >= 15 is 0 Å². The van der Waals surface area contributed by atoms with Crippen LogP contribution in [0, 0.1) is 5.92 Å². The third kappa shape index (κ3) is 1.30. The molecule has 0 unspecified atom stereocenters. The van der Waals surface area contributed by atoms with E-state index in [1.807, 2.05) is 6.07 Å². The minimum absolute atomic E-state index is 0.00211. The van der Waals surface area contributed by atoms with Gasteiger partial charge in [0.1, 0.15) is 6.10 Å². The van der Waals surface area contributed by atoms with Crippen LogP contribution in [0.2, 0.25) is 0 Å². The zero-order valence-corrected chi connectivity index (χ0v) is 12.4. The van der Waals surface area contributed by atoms with Crippen LogP contribution in [0.3, 0.4) is 0 Å². The fraction of sp³-hybridized carbons (Fsp3) is 0.667. The molecule has 5 rings (SSSR count). The van der Waals surface area contributed by atoms with E-state index in [1.165, 1.54) is 11.1 Å². The Morgan fingerprint density at radius 2 is 2.38 bits per heavy atom. The van der Waals surface area contributed by atoms with Gasteiger partial charge >= 0.3 is 0 Å². The van der Waals surface area contributed by atoms with E-state index in [2.05, 4.69) is 6.07 Å². The Morgan fingerprint density at radius 3 is 3.24 bits per heavy atom. The largest absolute Gasteiger partial charge is 0.493 e. The minimum atomic E-state index is -2.01.